The van der Waals surface area contributed by atoms with Crippen LogP contribution in [0.15, 0.2) is 67.3 Å². The molecule has 5 heterocycles. The molecule has 1 fully saturated rings. The van der Waals surface area contributed by atoms with Gasteiger partial charge >= 0.3 is 0 Å². The molecule has 0 spiro atoms. The van der Waals surface area contributed by atoms with Gasteiger partial charge in [-0.05, 0) is 67.5 Å². The molecule has 37 heavy (non-hydrogen) atoms. The Kier molecular flexibility index (Phi) is 6.12. The highest BCUT2D eigenvalue weighted by molar-refractivity contribution is 6.00. The molecule has 0 saturated carbocycles. The van der Waals surface area contributed by atoms with Crippen LogP contribution in [-0.2, 0) is 0 Å². The molecule has 4 aromatic heterocycles. The van der Waals surface area contributed by atoms with E-state index < -0.39 is 0 Å². The van der Waals surface area contributed by atoms with Crippen molar-refractivity contribution in [2.45, 2.75) is 39.5 Å². The first-order valence-electron chi connectivity index (χ1n) is 13.2. The summed E-state index contributed by atoms with van der Waals surface area (Å²) in [6.45, 7) is 10.7. The lowest BCUT2D eigenvalue weighted by Gasteiger charge is -2.28. The zero-order valence-electron chi connectivity index (χ0n) is 21.5. The number of nitrogens with zero attached hydrogens (tertiary/aromatic N) is 4. The molecule has 0 amide bonds. The summed E-state index contributed by atoms with van der Waals surface area (Å²) in [7, 11) is 0. The molecule has 7 nitrogen and oxygen atoms in total. The van der Waals surface area contributed by atoms with Crippen molar-refractivity contribution in [2.75, 3.05) is 23.3 Å². The summed E-state index contributed by atoms with van der Waals surface area (Å²) < 4.78 is 0. The molecule has 1 unspecified atom stereocenters. The summed E-state index contributed by atoms with van der Waals surface area (Å²) in [5, 5.41) is 13.5. The number of hydrogen-bond donors (Lipinski definition) is 3. The van der Waals surface area contributed by atoms with E-state index >= 15 is 0 Å². The Bertz CT molecular complexity index is 1570. The number of anilines is 2. The number of fused-ring (bicyclic) bond motifs is 2. The van der Waals surface area contributed by atoms with Crippen LogP contribution in [0.2, 0.25) is 0 Å². The normalized spacial score (nSPS) is 14.8. The molecule has 188 valence electrons. The molecule has 1 saturated heterocycles. The van der Waals surface area contributed by atoms with E-state index in [0.29, 0.717) is 5.92 Å². The lowest BCUT2D eigenvalue weighted by Crippen LogP contribution is -2.30. The minimum absolute atomic E-state index is 0.399. The van der Waals surface area contributed by atoms with Gasteiger partial charge in [-0.3, -0.25) is 10.1 Å². The van der Waals surface area contributed by atoms with Crippen molar-refractivity contribution in [1.82, 2.24) is 25.1 Å². The Hall–Kier alpha value is -4.13. The molecule has 0 aliphatic carbocycles. The van der Waals surface area contributed by atoms with E-state index in [1.165, 1.54) is 19.3 Å². The summed E-state index contributed by atoms with van der Waals surface area (Å²) in [6.07, 6.45) is 10.4. The molecule has 1 atom stereocenters. The first kappa shape index (κ1) is 23.3. The molecule has 0 radical (unpaired) electrons. The maximum atomic E-state index is 4.74. The van der Waals surface area contributed by atoms with Gasteiger partial charge in [0.1, 0.15) is 11.5 Å². The number of H-pyrrole nitrogens is 2. The standard InChI is InChI=1S/C30H33N7/c1-4-19(2)20(3)33-23-14-22(17-31-18-23)21-8-9-27-24(15-21)29(36-35-27)28-16-25-26(34-28)10-11-32-30(25)37-12-6-5-7-13-37/h8-11,14-19,33-34H,3-7,12-13H2,1-2H3,(H,35,36). The van der Waals surface area contributed by atoms with Crippen LogP contribution in [0.3, 0.4) is 0 Å². The Morgan fingerprint density at radius 3 is 2.73 bits per heavy atom. The van der Waals surface area contributed by atoms with Crippen molar-refractivity contribution in [3.05, 3.63) is 67.3 Å². The highest BCUT2D eigenvalue weighted by Crippen LogP contribution is 2.35. The van der Waals surface area contributed by atoms with Crippen LogP contribution in [0.4, 0.5) is 11.5 Å². The smallest absolute Gasteiger partial charge is 0.137 e. The van der Waals surface area contributed by atoms with Crippen molar-refractivity contribution < 1.29 is 0 Å². The minimum Gasteiger partial charge on any atom is -0.358 e. The number of allylic oxidation sites excluding steroid dienone is 1. The number of aromatic amines is 2. The van der Waals surface area contributed by atoms with Crippen molar-refractivity contribution in [3.8, 4) is 22.5 Å². The number of pyridine rings is 2. The average molecular weight is 492 g/mol. The molecule has 6 rings (SSSR count). The third-order valence-electron chi connectivity index (χ3n) is 7.58. The van der Waals surface area contributed by atoms with Gasteiger partial charge < -0.3 is 15.2 Å². The fourth-order valence-corrected chi connectivity index (χ4v) is 5.14. The van der Waals surface area contributed by atoms with Crippen LogP contribution < -0.4 is 10.2 Å². The Balaban J connectivity index is 1.36. The van der Waals surface area contributed by atoms with E-state index in [0.717, 1.165) is 81.0 Å². The first-order chi connectivity index (χ1) is 18.1. The highest BCUT2D eigenvalue weighted by atomic mass is 15.2. The van der Waals surface area contributed by atoms with Gasteiger partial charge in [-0.25, -0.2) is 4.98 Å². The molecule has 5 aromatic rings. The van der Waals surface area contributed by atoms with Crippen LogP contribution in [0.25, 0.3) is 44.3 Å². The summed E-state index contributed by atoms with van der Waals surface area (Å²) in [5.74, 6) is 1.46. The highest BCUT2D eigenvalue weighted by Gasteiger charge is 2.18. The Labute approximate surface area is 217 Å². The third kappa shape index (κ3) is 4.46. The number of aromatic nitrogens is 5. The molecule has 0 bridgehead atoms. The fourth-order valence-electron chi connectivity index (χ4n) is 5.14. The molecular weight excluding hydrogens is 458 g/mol. The second-order valence-electron chi connectivity index (χ2n) is 10.1. The van der Waals surface area contributed by atoms with Gasteiger partial charge in [0, 0.05) is 47.5 Å². The van der Waals surface area contributed by atoms with Gasteiger partial charge in [0.15, 0.2) is 0 Å². The van der Waals surface area contributed by atoms with Crippen LogP contribution in [-0.4, -0.2) is 38.2 Å². The van der Waals surface area contributed by atoms with E-state index in [4.69, 9.17) is 10.1 Å². The number of benzene rings is 1. The number of hydrogen-bond acceptors (Lipinski definition) is 5. The number of nitrogens with one attached hydrogen (secondary N) is 3. The molecule has 3 N–H and O–H groups in total. The maximum Gasteiger partial charge on any atom is 0.137 e. The number of piperidine rings is 1. The van der Waals surface area contributed by atoms with Gasteiger partial charge in [0.25, 0.3) is 0 Å². The SMILES string of the molecule is C=C(Nc1cncc(-c2ccc3[nH]nc(-c4cc5c(N6CCCCC6)nccc5[nH]4)c3c2)c1)C(C)CC. The first-order valence-corrected chi connectivity index (χ1v) is 13.2. The van der Waals surface area contributed by atoms with Crippen molar-refractivity contribution in [3.63, 3.8) is 0 Å². The zero-order valence-corrected chi connectivity index (χ0v) is 21.5. The summed E-state index contributed by atoms with van der Waals surface area (Å²) in [5.41, 5.74) is 8.07. The van der Waals surface area contributed by atoms with Gasteiger partial charge in [-0.15, -0.1) is 0 Å². The summed E-state index contributed by atoms with van der Waals surface area (Å²) >= 11 is 0. The number of rotatable bonds is 7. The second kappa shape index (κ2) is 9.73. The van der Waals surface area contributed by atoms with E-state index in [2.05, 4.69) is 76.0 Å². The van der Waals surface area contributed by atoms with Crippen molar-refractivity contribution in [2.24, 2.45) is 5.92 Å². The van der Waals surface area contributed by atoms with E-state index in [1.807, 2.05) is 24.7 Å². The van der Waals surface area contributed by atoms with E-state index in [1.54, 1.807) is 0 Å². The summed E-state index contributed by atoms with van der Waals surface area (Å²) in [6, 6.07) is 12.8. The average Bonchev–Trinajstić information content (AvgIpc) is 3.56. The zero-order chi connectivity index (χ0) is 25.4. The largest absolute Gasteiger partial charge is 0.358 e. The maximum absolute atomic E-state index is 4.74. The van der Waals surface area contributed by atoms with Gasteiger partial charge in [0.05, 0.1) is 28.6 Å². The Morgan fingerprint density at radius 2 is 1.89 bits per heavy atom. The lowest BCUT2D eigenvalue weighted by atomic mass is 10.0. The molecule has 7 heteroatoms. The van der Waals surface area contributed by atoms with Crippen LogP contribution in [0.5, 0.6) is 0 Å². The van der Waals surface area contributed by atoms with Gasteiger partial charge in [-0.2, -0.15) is 5.10 Å². The lowest BCUT2D eigenvalue weighted by molar-refractivity contribution is 0.575. The third-order valence-corrected chi connectivity index (χ3v) is 7.58. The van der Waals surface area contributed by atoms with Crippen LogP contribution >= 0.6 is 0 Å². The van der Waals surface area contributed by atoms with Crippen molar-refractivity contribution in [1.29, 1.82) is 0 Å². The molecule has 1 aliphatic rings. The minimum atomic E-state index is 0.399. The quantitative estimate of drug-likeness (QED) is 0.225. The fraction of sp³-hybridized carbons (Fsp3) is 0.300. The topological polar surface area (TPSA) is 85.5 Å². The van der Waals surface area contributed by atoms with Crippen LogP contribution in [0.1, 0.15) is 39.5 Å². The molecule has 1 aliphatic heterocycles. The van der Waals surface area contributed by atoms with E-state index in [-0.39, 0.29) is 0 Å². The predicted octanol–water partition coefficient (Wildman–Crippen LogP) is 7.13. The van der Waals surface area contributed by atoms with Crippen LogP contribution in [0, 0.1) is 5.92 Å². The van der Waals surface area contributed by atoms with Gasteiger partial charge in [-0.1, -0.05) is 26.5 Å². The Morgan fingerprint density at radius 1 is 1.03 bits per heavy atom. The summed E-state index contributed by atoms with van der Waals surface area (Å²) in [4.78, 5) is 15.2. The van der Waals surface area contributed by atoms with E-state index in [9.17, 15) is 0 Å². The van der Waals surface area contributed by atoms with Gasteiger partial charge in [0.2, 0.25) is 0 Å². The predicted molar refractivity (Wildman–Crippen MR) is 153 cm³/mol. The van der Waals surface area contributed by atoms with Crippen molar-refractivity contribution >= 4 is 33.3 Å². The monoisotopic (exact) mass is 491 g/mol. The molecule has 1 aromatic carbocycles. The molecular formula is C30H33N7. The second-order valence-corrected chi connectivity index (χ2v) is 10.1.